The van der Waals surface area contributed by atoms with E-state index in [4.69, 9.17) is 14.2 Å². The Balaban J connectivity index is 1.08. The Hall–Kier alpha value is -4.87. The molecule has 2 amide bonds. The summed E-state index contributed by atoms with van der Waals surface area (Å²) in [5, 5.41) is 3.43. The second-order valence-corrected chi connectivity index (χ2v) is 12.0. The lowest BCUT2D eigenvalue weighted by Gasteiger charge is -2.32. The van der Waals surface area contributed by atoms with E-state index in [1.54, 1.807) is 37.7 Å². The molecule has 0 bridgehead atoms. The molecule has 0 aliphatic carbocycles. The predicted octanol–water partition coefficient (Wildman–Crippen LogP) is 6.59. The number of para-hydroxylation sites is 1. The number of hydrogen-bond donors (Lipinski definition) is 1. The second kappa shape index (κ2) is 14.3. The van der Waals surface area contributed by atoms with Gasteiger partial charge in [-0.25, -0.2) is 9.18 Å². The molecule has 3 aromatic carbocycles. The van der Waals surface area contributed by atoms with Crippen LogP contribution < -0.4 is 24.4 Å². The van der Waals surface area contributed by atoms with Crippen molar-refractivity contribution in [1.29, 1.82) is 0 Å². The molecule has 0 spiro atoms. The van der Waals surface area contributed by atoms with Crippen LogP contribution in [0.25, 0.3) is 10.9 Å². The van der Waals surface area contributed by atoms with Crippen molar-refractivity contribution in [3.63, 3.8) is 0 Å². The first-order valence-electron chi connectivity index (χ1n) is 15.9. The van der Waals surface area contributed by atoms with Crippen molar-refractivity contribution in [2.45, 2.75) is 20.3 Å². The number of piperazine rings is 1. The average molecular weight is 641 g/mol. The summed E-state index contributed by atoms with van der Waals surface area (Å²) in [5.41, 5.74) is 4.25. The summed E-state index contributed by atoms with van der Waals surface area (Å²) in [4.78, 5) is 25.8. The number of carbonyl (C=O) groups is 1. The molecule has 10 nitrogen and oxygen atoms in total. The maximum absolute atomic E-state index is 15.3. The Morgan fingerprint density at radius 2 is 1.72 bits per heavy atom. The van der Waals surface area contributed by atoms with Crippen molar-refractivity contribution in [2.24, 2.45) is 0 Å². The van der Waals surface area contributed by atoms with Gasteiger partial charge in [-0.05, 0) is 62.7 Å². The number of aromatic nitrogens is 1. The highest BCUT2D eigenvalue weighted by Crippen LogP contribution is 2.38. The number of benzene rings is 3. The van der Waals surface area contributed by atoms with Crippen LogP contribution in [0.15, 0.2) is 73.2 Å². The fourth-order valence-corrected chi connectivity index (χ4v) is 5.96. The summed E-state index contributed by atoms with van der Waals surface area (Å²) in [6.45, 7) is 10.3. The zero-order valence-electron chi connectivity index (χ0n) is 27.3. The Bertz CT molecular complexity index is 1750. The van der Waals surface area contributed by atoms with E-state index in [1.165, 1.54) is 17.0 Å². The number of pyridine rings is 1. The molecule has 0 unspecified atom stereocenters. The molecule has 0 saturated carbocycles. The Labute approximate surface area is 274 Å². The highest BCUT2D eigenvalue weighted by atomic mass is 19.1. The topological polar surface area (TPSA) is 82.6 Å². The van der Waals surface area contributed by atoms with Crippen molar-refractivity contribution < 1.29 is 23.4 Å². The van der Waals surface area contributed by atoms with E-state index in [-0.39, 0.29) is 11.8 Å². The zero-order chi connectivity index (χ0) is 32.9. The molecule has 0 radical (unpaired) electrons. The van der Waals surface area contributed by atoms with Gasteiger partial charge in [0.2, 0.25) is 0 Å². The van der Waals surface area contributed by atoms with Gasteiger partial charge in [0.15, 0.2) is 23.1 Å². The molecule has 47 heavy (non-hydrogen) atoms. The predicted molar refractivity (Wildman–Crippen MR) is 182 cm³/mol. The maximum atomic E-state index is 15.3. The number of aryl methyl sites for hydroxylation is 2. The fourth-order valence-electron chi connectivity index (χ4n) is 5.96. The third-order valence-electron chi connectivity index (χ3n) is 8.58. The Kier molecular flexibility index (Phi) is 9.74. The minimum Gasteiger partial charge on any atom is -0.493 e. The molecule has 3 heterocycles. The lowest BCUT2D eigenvalue weighted by Crippen LogP contribution is -2.44. The second-order valence-electron chi connectivity index (χ2n) is 12.0. The normalized spacial score (nSPS) is 15.3. The van der Waals surface area contributed by atoms with Crippen molar-refractivity contribution in [2.75, 3.05) is 70.4 Å². The number of hydrogen-bond acceptors (Lipinski definition) is 8. The first kappa shape index (κ1) is 32.1. The van der Waals surface area contributed by atoms with Crippen LogP contribution in [0, 0.1) is 19.7 Å². The largest absolute Gasteiger partial charge is 0.493 e. The first-order valence-corrected chi connectivity index (χ1v) is 15.9. The van der Waals surface area contributed by atoms with E-state index in [2.05, 4.69) is 27.1 Å². The van der Waals surface area contributed by atoms with Crippen LogP contribution in [0.1, 0.15) is 17.5 Å². The van der Waals surface area contributed by atoms with Crippen LogP contribution in [0.5, 0.6) is 23.0 Å². The fraction of sp³-hybridized carbons (Fsp3) is 0.333. The number of methoxy groups -OCH3 is 1. The summed E-state index contributed by atoms with van der Waals surface area (Å²) in [6, 6.07) is 15.4. The van der Waals surface area contributed by atoms with Gasteiger partial charge in [0.1, 0.15) is 12.4 Å². The molecule has 246 valence electrons. The average Bonchev–Trinajstić information content (AvgIpc) is 3.55. The number of carbonyl (C=O) groups excluding carboxylic acids is 1. The highest BCUT2D eigenvalue weighted by molar-refractivity contribution is 5.91. The maximum Gasteiger partial charge on any atom is 0.327 e. The van der Waals surface area contributed by atoms with E-state index >= 15 is 4.39 Å². The molecule has 0 atom stereocenters. The van der Waals surface area contributed by atoms with Crippen LogP contribution in [0.3, 0.4) is 0 Å². The molecule has 1 aromatic heterocycles. The number of amides is 2. The molecule has 11 heteroatoms. The van der Waals surface area contributed by atoms with Gasteiger partial charge >= 0.3 is 6.03 Å². The molecule has 1 N–H and O–H groups in total. The van der Waals surface area contributed by atoms with E-state index in [0.717, 1.165) is 56.0 Å². The minimum absolute atomic E-state index is 0.0148. The smallest absolute Gasteiger partial charge is 0.327 e. The lowest BCUT2D eigenvalue weighted by atomic mass is 10.1. The van der Waals surface area contributed by atoms with E-state index in [9.17, 15) is 4.79 Å². The van der Waals surface area contributed by atoms with Crippen molar-refractivity contribution in [1.82, 2.24) is 19.7 Å². The van der Waals surface area contributed by atoms with Gasteiger partial charge in [-0.1, -0.05) is 18.2 Å². The summed E-state index contributed by atoms with van der Waals surface area (Å²) in [7, 11) is 3.74. The molecule has 2 aliphatic heterocycles. The van der Waals surface area contributed by atoms with Gasteiger partial charge in [0.05, 0.1) is 19.2 Å². The number of nitrogens with one attached hydrogen (secondary N) is 1. The monoisotopic (exact) mass is 640 g/mol. The third-order valence-corrected chi connectivity index (χ3v) is 8.58. The number of nitrogens with zero attached hydrogens (tertiary/aromatic N) is 5. The Morgan fingerprint density at radius 3 is 2.47 bits per heavy atom. The summed E-state index contributed by atoms with van der Waals surface area (Å²) >= 11 is 0. The number of anilines is 2. The summed E-state index contributed by atoms with van der Waals surface area (Å²) in [6.07, 6.45) is 6.09. The molecular formula is C36H41FN6O4. The van der Waals surface area contributed by atoms with Crippen molar-refractivity contribution in [3.05, 3.63) is 90.1 Å². The van der Waals surface area contributed by atoms with Crippen LogP contribution >= 0.6 is 0 Å². The quantitative estimate of drug-likeness (QED) is 0.195. The standard InChI is InChI=1S/C36H41FN6O4/c1-25-7-5-8-26(2)35(25)42-18-19-43(24-42)36(44)39-27-9-10-32(29(37)21-27)47-31-11-12-38-30-23-34(33(45-4)22-28(30)31)46-20-6-13-41-16-14-40(3)15-17-41/h5,7-12,18-19,21-23H,6,13-17,20,24H2,1-4H3,(H,39,44). The van der Waals surface area contributed by atoms with Crippen LogP contribution in [-0.4, -0.2) is 85.9 Å². The molecule has 4 aromatic rings. The van der Waals surface area contributed by atoms with Gasteiger partial charge in [0, 0.05) is 80.2 Å². The zero-order valence-corrected chi connectivity index (χ0v) is 27.3. The van der Waals surface area contributed by atoms with E-state index < -0.39 is 5.82 Å². The van der Waals surface area contributed by atoms with Crippen LogP contribution in [-0.2, 0) is 0 Å². The molecule has 2 aliphatic rings. The van der Waals surface area contributed by atoms with Crippen molar-refractivity contribution >= 4 is 28.3 Å². The van der Waals surface area contributed by atoms with Gasteiger partial charge < -0.3 is 34.2 Å². The Morgan fingerprint density at radius 1 is 0.936 bits per heavy atom. The number of ether oxygens (including phenoxy) is 3. The number of likely N-dealkylation sites (N-methyl/N-ethyl adjacent to an activating group) is 1. The van der Waals surface area contributed by atoms with Crippen LogP contribution in [0.2, 0.25) is 0 Å². The van der Waals surface area contributed by atoms with E-state index in [1.807, 2.05) is 49.2 Å². The van der Waals surface area contributed by atoms with Crippen molar-refractivity contribution in [3.8, 4) is 23.0 Å². The number of urea groups is 1. The number of halogens is 1. The number of fused-ring (bicyclic) bond motifs is 1. The molecule has 6 rings (SSSR count). The summed E-state index contributed by atoms with van der Waals surface area (Å²) < 4.78 is 33.0. The number of rotatable bonds is 10. The van der Waals surface area contributed by atoms with Gasteiger partial charge in [0.25, 0.3) is 0 Å². The minimum atomic E-state index is -0.617. The van der Waals surface area contributed by atoms with Gasteiger partial charge in [-0.15, -0.1) is 0 Å². The first-order chi connectivity index (χ1) is 22.8. The van der Waals surface area contributed by atoms with E-state index in [0.29, 0.717) is 47.1 Å². The molecular weight excluding hydrogens is 599 g/mol. The highest BCUT2D eigenvalue weighted by Gasteiger charge is 2.22. The van der Waals surface area contributed by atoms with Gasteiger partial charge in [-0.2, -0.15) is 0 Å². The SMILES string of the molecule is COc1cc2c(Oc3ccc(NC(=O)N4C=CN(c5c(C)cccc5C)C4)cc3F)ccnc2cc1OCCCN1CCN(C)CC1. The van der Waals surface area contributed by atoms with Crippen LogP contribution in [0.4, 0.5) is 20.6 Å². The summed E-state index contributed by atoms with van der Waals surface area (Å²) in [5.74, 6) is 0.953. The third kappa shape index (κ3) is 7.42. The van der Waals surface area contributed by atoms with Gasteiger partial charge in [-0.3, -0.25) is 9.88 Å². The molecule has 1 saturated heterocycles. The lowest BCUT2D eigenvalue weighted by molar-refractivity contribution is 0.145. The molecule has 1 fully saturated rings.